The number of hydrogen-bond donors (Lipinski definition) is 1. The van der Waals surface area contributed by atoms with Gasteiger partial charge in [0, 0.05) is 16.0 Å². The van der Waals surface area contributed by atoms with Crippen LogP contribution < -0.4 is 0 Å². The molecule has 0 unspecified atom stereocenters. The van der Waals surface area contributed by atoms with E-state index in [1.54, 1.807) is 13.0 Å². The van der Waals surface area contributed by atoms with E-state index in [1.165, 1.54) is 0 Å². The fourth-order valence-electron chi connectivity index (χ4n) is 2.65. The second kappa shape index (κ2) is 9.38. The normalized spacial score (nSPS) is 13.7. The highest BCUT2D eigenvalue weighted by atomic mass is 79.9. The fourth-order valence-corrected chi connectivity index (χ4v) is 3.07. The molecule has 0 amide bonds. The molecule has 0 saturated heterocycles. The minimum atomic E-state index is -1.99. The van der Waals surface area contributed by atoms with E-state index in [0.717, 1.165) is 10.0 Å². The molecule has 0 aliphatic carbocycles. The van der Waals surface area contributed by atoms with Gasteiger partial charge in [0.25, 0.3) is 0 Å². The largest absolute Gasteiger partial charge is 0.463 e. The summed E-state index contributed by atoms with van der Waals surface area (Å²) in [6.45, 7) is 5.62. The van der Waals surface area contributed by atoms with Crippen molar-refractivity contribution in [2.24, 2.45) is 0 Å². The van der Waals surface area contributed by atoms with Gasteiger partial charge in [-0.3, -0.25) is 0 Å². The van der Waals surface area contributed by atoms with Crippen LogP contribution in [0.2, 0.25) is 0 Å². The second-order valence-corrected chi connectivity index (χ2v) is 6.65. The van der Waals surface area contributed by atoms with Crippen LogP contribution in [0.15, 0.2) is 71.7 Å². The molecule has 0 aliphatic rings. The average molecular weight is 413 g/mol. The van der Waals surface area contributed by atoms with Gasteiger partial charge in [0.1, 0.15) is 0 Å². The lowest BCUT2D eigenvalue weighted by molar-refractivity contribution is -0.161. The number of carbonyl (C=O) groups excluding carboxylic acids is 1. The first kappa shape index (κ1) is 20.0. The van der Waals surface area contributed by atoms with Gasteiger partial charge in [0.15, 0.2) is 0 Å². The van der Waals surface area contributed by atoms with E-state index in [-0.39, 0.29) is 6.61 Å². The summed E-state index contributed by atoms with van der Waals surface area (Å²) in [5.41, 5.74) is -0.500. The first-order valence-electron chi connectivity index (χ1n) is 8.35. The number of carbonyl (C=O) groups is 1. The van der Waals surface area contributed by atoms with E-state index >= 15 is 0 Å². The monoisotopic (exact) mass is 412 g/mol. The summed E-state index contributed by atoms with van der Waals surface area (Å²) in [6, 6.07) is 16.7. The van der Waals surface area contributed by atoms with Crippen molar-refractivity contribution < 1.29 is 14.6 Å². The van der Waals surface area contributed by atoms with Gasteiger partial charge in [-0.2, -0.15) is 0 Å². The fraction of sp³-hybridized carbons (Fsp3) is 0.227. The van der Waals surface area contributed by atoms with E-state index in [0.29, 0.717) is 12.0 Å². The zero-order valence-electron chi connectivity index (χ0n) is 14.6. The van der Waals surface area contributed by atoms with Gasteiger partial charge in [-0.1, -0.05) is 64.2 Å². The van der Waals surface area contributed by atoms with Gasteiger partial charge < -0.3 is 9.84 Å². The molecule has 0 fully saturated rings. The van der Waals surface area contributed by atoms with E-state index < -0.39 is 17.5 Å². The number of benzene rings is 2. The van der Waals surface area contributed by atoms with Gasteiger partial charge in [0.05, 0.1) is 6.61 Å². The van der Waals surface area contributed by atoms with E-state index in [1.807, 2.05) is 54.6 Å². The Kier molecular flexibility index (Phi) is 7.20. The van der Waals surface area contributed by atoms with Crippen molar-refractivity contribution >= 4 is 21.9 Å². The molecule has 26 heavy (non-hydrogen) atoms. The van der Waals surface area contributed by atoms with Gasteiger partial charge >= 0.3 is 5.97 Å². The summed E-state index contributed by atoms with van der Waals surface area (Å²) in [7, 11) is 0. The topological polar surface area (TPSA) is 46.5 Å². The molecule has 0 aromatic heterocycles. The zero-order chi connectivity index (χ0) is 19.0. The van der Waals surface area contributed by atoms with Gasteiger partial charge in [-0.25, -0.2) is 4.79 Å². The van der Waals surface area contributed by atoms with Gasteiger partial charge in [0.2, 0.25) is 5.60 Å². The van der Waals surface area contributed by atoms with Gasteiger partial charge in [-0.05, 0) is 43.2 Å². The third-order valence-electron chi connectivity index (χ3n) is 3.92. The van der Waals surface area contributed by atoms with Crippen LogP contribution in [0.3, 0.4) is 0 Å². The molecule has 0 radical (unpaired) electrons. The summed E-state index contributed by atoms with van der Waals surface area (Å²) < 4.78 is 5.99. The van der Waals surface area contributed by atoms with Gasteiger partial charge in [-0.15, -0.1) is 6.58 Å². The lowest BCUT2D eigenvalue weighted by Gasteiger charge is -2.29. The number of halogens is 1. The molecule has 2 aromatic rings. The highest BCUT2D eigenvalue weighted by Gasteiger charge is 2.44. The van der Waals surface area contributed by atoms with E-state index in [2.05, 4.69) is 34.3 Å². The Morgan fingerprint density at radius 3 is 2.65 bits per heavy atom. The molecule has 0 aliphatic heterocycles. The summed E-state index contributed by atoms with van der Waals surface area (Å²) >= 11 is 3.43. The predicted molar refractivity (Wildman–Crippen MR) is 107 cm³/mol. The third-order valence-corrected chi connectivity index (χ3v) is 4.41. The maximum atomic E-state index is 12.6. The van der Waals surface area contributed by atoms with Crippen LogP contribution in [0.25, 0.3) is 0 Å². The number of rotatable bonds is 6. The molecular weight excluding hydrogens is 392 g/mol. The van der Waals surface area contributed by atoms with Crippen molar-refractivity contribution in [2.75, 3.05) is 6.61 Å². The van der Waals surface area contributed by atoms with Crippen LogP contribution >= 0.6 is 15.9 Å². The smallest absolute Gasteiger partial charge is 0.351 e. The number of esters is 1. The average Bonchev–Trinajstić information content (AvgIpc) is 2.65. The lowest BCUT2D eigenvalue weighted by Crippen LogP contribution is -2.44. The zero-order valence-corrected chi connectivity index (χ0v) is 16.2. The summed E-state index contributed by atoms with van der Waals surface area (Å²) in [4.78, 5) is 12.6. The van der Waals surface area contributed by atoms with Crippen LogP contribution in [0.4, 0.5) is 0 Å². The Balaban J connectivity index is 2.54. The Bertz CT molecular complexity index is 820. The molecule has 0 saturated carbocycles. The highest BCUT2D eigenvalue weighted by molar-refractivity contribution is 9.10. The summed E-state index contributed by atoms with van der Waals surface area (Å²) in [5.74, 6) is 4.31. The number of aliphatic hydroxyl groups is 1. The Morgan fingerprint density at radius 2 is 2.04 bits per heavy atom. The minimum absolute atomic E-state index is 0.160. The first-order chi connectivity index (χ1) is 12.5. The van der Waals surface area contributed by atoms with Crippen LogP contribution in [-0.4, -0.2) is 23.3 Å². The molecule has 3 nitrogen and oxygen atoms in total. The minimum Gasteiger partial charge on any atom is -0.463 e. The number of ether oxygens (including phenoxy) is 1. The molecule has 0 spiro atoms. The molecule has 2 rings (SSSR count). The first-order valence-corrected chi connectivity index (χ1v) is 9.14. The molecule has 4 heteroatoms. The molecule has 1 N–H and O–H groups in total. The van der Waals surface area contributed by atoms with Crippen LogP contribution in [0, 0.1) is 11.8 Å². The number of allylic oxidation sites excluding steroid dienone is 1. The predicted octanol–water partition coefficient (Wildman–Crippen LogP) is 4.45. The van der Waals surface area contributed by atoms with Crippen molar-refractivity contribution in [1.29, 1.82) is 0 Å². The molecular formula is C22H21BrO3. The summed E-state index contributed by atoms with van der Waals surface area (Å²) in [5, 5.41) is 11.3. The third kappa shape index (κ3) is 4.85. The van der Waals surface area contributed by atoms with E-state index in [4.69, 9.17) is 4.74 Å². The Hall–Kier alpha value is -2.35. The molecule has 0 heterocycles. The van der Waals surface area contributed by atoms with Crippen molar-refractivity contribution in [3.05, 3.63) is 82.9 Å². The number of hydrogen-bond acceptors (Lipinski definition) is 3. The van der Waals surface area contributed by atoms with Crippen molar-refractivity contribution in [3.63, 3.8) is 0 Å². The molecule has 134 valence electrons. The standard InChI is InChI=1S/C22H21BrO3/c1-3-9-20(18-12-8-13-19(23)16-18)22(25,21(24)26-4-2)15-14-17-10-6-5-7-11-17/h3,5-8,10-13,16,20,25H,1,4,9H2,2H3/t20-,22-/m1/s1. The van der Waals surface area contributed by atoms with Crippen molar-refractivity contribution in [1.82, 2.24) is 0 Å². The van der Waals surface area contributed by atoms with Crippen LogP contribution in [-0.2, 0) is 9.53 Å². The van der Waals surface area contributed by atoms with Crippen molar-refractivity contribution in [2.45, 2.75) is 24.9 Å². The molecule has 2 atom stereocenters. The quantitative estimate of drug-likeness (QED) is 0.432. The van der Waals surface area contributed by atoms with Crippen molar-refractivity contribution in [3.8, 4) is 11.8 Å². The Morgan fingerprint density at radius 1 is 1.31 bits per heavy atom. The highest BCUT2D eigenvalue weighted by Crippen LogP contribution is 2.34. The second-order valence-electron chi connectivity index (χ2n) is 5.73. The summed E-state index contributed by atoms with van der Waals surface area (Å²) in [6.07, 6.45) is 2.04. The maximum absolute atomic E-state index is 12.6. The van der Waals surface area contributed by atoms with Crippen LogP contribution in [0.1, 0.15) is 30.4 Å². The van der Waals surface area contributed by atoms with E-state index in [9.17, 15) is 9.90 Å². The lowest BCUT2D eigenvalue weighted by atomic mass is 9.80. The molecule has 0 bridgehead atoms. The maximum Gasteiger partial charge on any atom is 0.351 e. The SMILES string of the molecule is C=CC[C@H](c1cccc(Br)c1)[C@](O)(C#Cc1ccccc1)C(=O)OCC. The van der Waals surface area contributed by atoms with Crippen LogP contribution in [0.5, 0.6) is 0 Å². The Labute approximate surface area is 162 Å². The molecule has 2 aromatic carbocycles.